The monoisotopic (exact) mass is 592 g/mol. The molecule has 2 atom stereocenters. The molecule has 0 aliphatic rings. The highest BCUT2D eigenvalue weighted by Crippen LogP contribution is 2.38. The van der Waals surface area contributed by atoms with E-state index in [-0.39, 0.29) is 22.7 Å². The van der Waals surface area contributed by atoms with Gasteiger partial charge in [-0.05, 0) is 42.8 Å². The lowest BCUT2D eigenvalue weighted by Gasteiger charge is -2.19. The van der Waals surface area contributed by atoms with Crippen LogP contribution < -0.4 is 20.7 Å². The third-order valence-corrected chi connectivity index (χ3v) is 6.07. The predicted molar refractivity (Wildman–Crippen MR) is 130 cm³/mol. The van der Waals surface area contributed by atoms with Crippen molar-refractivity contribution in [1.29, 1.82) is 0 Å². The summed E-state index contributed by atoms with van der Waals surface area (Å²) < 4.78 is 90.0. The number of fused-ring (bicyclic) bond motifs is 1. The van der Waals surface area contributed by atoms with E-state index in [9.17, 15) is 41.0 Å². The van der Waals surface area contributed by atoms with Crippen LogP contribution in [-0.2, 0) is 13.6 Å². The summed E-state index contributed by atoms with van der Waals surface area (Å²) in [5.74, 6) is -1.26. The van der Waals surface area contributed by atoms with Crippen LogP contribution in [-0.4, -0.2) is 42.9 Å². The fourth-order valence-electron chi connectivity index (χ4n) is 3.89. The molecular formula is C24H19ClF6N4O5. The zero-order valence-corrected chi connectivity index (χ0v) is 21.2. The van der Waals surface area contributed by atoms with Gasteiger partial charge in [0, 0.05) is 17.6 Å². The number of rotatable bonds is 7. The van der Waals surface area contributed by atoms with Crippen molar-refractivity contribution in [3.63, 3.8) is 0 Å². The topological polar surface area (TPSA) is 111 Å². The van der Waals surface area contributed by atoms with Crippen LogP contribution in [0, 0.1) is 0 Å². The van der Waals surface area contributed by atoms with Crippen molar-refractivity contribution in [3.8, 4) is 22.9 Å². The molecule has 4 aromatic rings. The first-order valence-electron chi connectivity index (χ1n) is 11.3. The number of nitrogens with zero attached hydrogens (tertiary/aromatic N) is 3. The molecule has 16 heteroatoms. The number of nitrogens with one attached hydrogen (secondary N) is 1. The first kappa shape index (κ1) is 29.0. The molecule has 0 saturated heterocycles. The molecule has 0 unspecified atom stereocenters. The van der Waals surface area contributed by atoms with Gasteiger partial charge < -0.3 is 19.1 Å². The Morgan fingerprint density at radius 3 is 2.30 bits per heavy atom. The lowest BCUT2D eigenvalue weighted by atomic mass is 10.1. The van der Waals surface area contributed by atoms with Crippen LogP contribution in [0.2, 0.25) is 5.02 Å². The first-order chi connectivity index (χ1) is 18.5. The van der Waals surface area contributed by atoms with Crippen molar-refractivity contribution in [3.05, 3.63) is 73.9 Å². The number of imidazole rings is 1. The van der Waals surface area contributed by atoms with E-state index in [0.29, 0.717) is 15.2 Å². The second-order valence-electron chi connectivity index (χ2n) is 8.61. The molecule has 0 radical (unpaired) electrons. The van der Waals surface area contributed by atoms with E-state index < -0.39 is 53.9 Å². The molecule has 2 aromatic heterocycles. The van der Waals surface area contributed by atoms with E-state index in [1.54, 1.807) is 31.2 Å². The number of hydrogen-bond acceptors (Lipinski definition) is 6. The maximum absolute atomic E-state index is 13.3. The van der Waals surface area contributed by atoms with Gasteiger partial charge in [-0.2, -0.15) is 13.2 Å². The molecule has 0 bridgehead atoms. The molecule has 214 valence electrons. The Morgan fingerprint density at radius 2 is 1.70 bits per heavy atom. The Balaban J connectivity index is 1.81. The number of aliphatic hydroxyl groups excluding tert-OH is 1. The standard InChI is InChI=1S/C24H19ClF6N4O5/c1-11(12-3-6-14(25)7-4-12)39-15-8-5-13(9-16(15)40-24(29,30)31)19-32-20-18(34(19)2)21(37)33-22(38)35(20)10-17(36)23(26,27)28/h3-9,11,17,36H,10H2,1-2H3,(H,33,37,38)/t11-,17+/m0/s1. The quantitative estimate of drug-likeness (QED) is 0.301. The Bertz CT molecular complexity index is 1660. The van der Waals surface area contributed by atoms with Crippen LogP contribution in [0.15, 0.2) is 52.1 Å². The number of hydrogen-bond donors (Lipinski definition) is 2. The zero-order valence-electron chi connectivity index (χ0n) is 20.5. The average molecular weight is 593 g/mol. The summed E-state index contributed by atoms with van der Waals surface area (Å²) >= 11 is 5.87. The van der Waals surface area contributed by atoms with Crippen LogP contribution >= 0.6 is 11.6 Å². The Hall–Kier alpha value is -3.98. The molecule has 40 heavy (non-hydrogen) atoms. The van der Waals surface area contributed by atoms with E-state index in [2.05, 4.69) is 9.72 Å². The molecule has 9 nitrogen and oxygen atoms in total. The number of H-pyrrole nitrogens is 1. The normalized spacial score (nSPS) is 13.8. The maximum Gasteiger partial charge on any atom is 0.573 e. The van der Waals surface area contributed by atoms with Gasteiger partial charge in [-0.15, -0.1) is 13.2 Å². The molecule has 4 rings (SSSR count). The van der Waals surface area contributed by atoms with E-state index in [4.69, 9.17) is 16.3 Å². The van der Waals surface area contributed by atoms with E-state index in [1.807, 2.05) is 4.98 Å². The van der Waals surface area contributed by atoms with Crippen molar-refractivity contribution < 1.29 is 40.9 Å². The number of halogens is 7. The van der Waals surface area contributed by atoms with Gasteiger partial charge in [-0.1, -0.05) is 23.7 Å². The Morgan fingerprint density at radius 1 is 1.05 bits per heavy atom. The van der Waals surface area contributed by atoms with Gasteiger partial charge in [-0.25, -0.2) is 9.78 Å². The number of ether oxygens (including phenoxy) is 2. The molecule has 2 N–H and O–H groups in total. The summed E-state index contributed by atoms with van der Waals surface area (Å²) in [5, 5.41) is 9.92. The molecule has 0 saturated carbocycles. The average Bonchev–Trinajstić information content (AvgIpc) is 3.19. The second kappa shape index (κ2) is 10.5. The lowest BCUT2D eigenvalue weighted by molar-refractivity contribution is -0.275. The van der Waals surface area contributed by atoms with Crippen molar-refractivity contribution in [2.24, 2.45) is 7.05 Å². The molecule has 2 aromatic carbocycles. The van der Waals surface area contributed by atoms with E-state index in [0.717, 1.165) is 16.7 Å². The van der Waals surface area contributed by atoms with Crippen LogP contribution in [0.25, 0.3) is 22.6 Å². The minimum Gasteiger partial charge on any atom is -0.482 e. The Kier molecular flexibility index (Phi) is 7.64. The molecule has 0 aliphatic carbocycles. The Labute approximate surface area is 225 Å². The summed E-state index contributed by atoms with van der Waals surface area (Å²) in [6.07, 6.45) is -13.9. The first-order valence-corrected chi connectivity index (χ1v) is 11.7. The number of benzene rings is 2. The largest absolute Gasteiger partial charge is 0.573 e. The van der Waals surface area contributed by atoms with Gasteiger partial charge in [0.25, 0.3) is 5.56 Å². The van der Waals surface area contributed by atoms with Gasteiger partial charge in [-0.3, -0.25) is 14.3 Å². The molecule has 2 heterocycles. The molecule has 0 spiro atoms. The van der Waals surface area contributed by atoms with E-state index in [1.165, 1.54) is 13.1 Å². The second-order valence-corrected chi connectivity index (χ2v) is 9.05. The predicted octanol–water partition coefficient (Wildman–Crippen LogP) is 4.71. The van der Waals surface area contributed by atoms with Crippen LogP contribution in [0.3, 0.4) is 0 Å². The van der Waals surface area contributed by atoms with Gasteiger partial charge >= 0.3 is 18.2 Å². The van der Waals surface area contributed by atoms with Gasteiger partial charge in [0.1, 0.15) is 11.9 Å². The fraction of sp³-hybridized carbons (Fsp3) is 0.292. The number of aryl methyl sites for hydroxylation is 1. The van der Waals surface area contributed by atoms with Crippen molar-refractivity contribution in [2.75, 3.05) is 0 Å². The number of aromatic nitrogens is 4. The fourth-order valence-corrected chi connectivity index (χ4v) is 4.02. The number of aliphatic hydroxyl groups is 1. The molecule has 0 fully saturated rings. The smallest absolute Gasteiger partial charge is 0.482 e. The summed E-state index contributed by atoms with van der Waals surface area (Å²) in [6.45, 7) is 0.296. The molecule has 0 aliphatic heterocycles. The minimum absolute atomic E-state index is 0.0563. The summed E-state index contributed by atoms with van der Waals surface area (Å²) in [4.78, 5) is 30.7. The third kappa shape index (κ3) is 6.09. The SMILES string of the molecule is C[C@H](Oc1ccc(-c2nc3c(c(=O)[nH]c(=O)n3C[C@@H](O)C(F)(F)F)n2C)cc1OC(F)(F)F)c1ccc(Cl)cc1. The lowest BCUT2D eigenvalue weighted by Crippen LogP contribution is -2.39. The highest BCUT2D eigenvalue weighted by Gasteiger charge is 2.39. The molecular weight excluding hydrogens is 574 g/mol. The summed E-state index contributed by atoms with van der Waals surface area (Å²) in [5.41, 5.74) is -2.63. The number of aromatic amines is 1. The molecule has 0 amide bonds. The van der Waals surface area contributed by atoms with Crippen molar-refractivity contribution in [1.82, 2.24) is 19.1 Å². The minimum atomic E-state index is -5.13. The van der Waals surface area contributed by atoms with E-state index >= 15 is 0 Å². The van der Waals surface area contributed by atoms with Crippen LogP contribution in [0.4, 0.5) is 26.3 Å². The van der Waals surface area contributed by atoms with Gasteiger partial charge in [0.05, 0.1) is 6.54 Å². The van der Waals surface area contributed by atoms with Crippen molar-refractivity contribution >= 4 is 22.8 Å². The number of alkyl halides is 6. The van der Waals surface area contributed by atoms with Crippen LogP contribution in [0.1, 0.15) is 18.6 Å². The highest BCUT2D eigenvalue weighted by atomic mass is 35.5. The van der Waals surface area contributed by atoms with Crippen LogP contribution in [0.5, 0.6) is 11.5 Å². The summed E-state index contributed by atoms with van der Waals surface area (Å²) in [7, 11) is 1.27. The van der Waals surface area contributed by atoms with Crippen molar-refractivity contribution in [2.45, 2.75) is 38.2 Å². The maximum atomic E-state index is 13.3. The van der Waals surface area contributed by atoms with Gasteiger partial charge in [0.15, 0.2) is 28.8 Å². The summed E-state index contributed by atoms with van der Waals surface area (Å²) in [6, 6.07) is 9.76. The zero-order chi connectivity index (χ0) is 29.6. The van der Waals surface area contributed by atoms with Gasteiger partial charge in [0.2, 0.25) is 0 Å². The third-order valence-electron chi connectivity index (χ3n) is 5.82. The highest BCUT2D eigenvalue weighted by molar-refractivity contribution is 6.30.